The molecular formula is C12H17NO. The molecule has 14 heavy (non-hydrogen) atoms. The summed E-state index contributed by atoms with van der Waals surface area (Å²) in [4.78, 5) is 13.1. The molecule has 0 aromatic carbocycles. The van der Waals surface area contributed by atoms with Crippen molar-refractivity contribution in [3.8, 4) is 0 Å². The first-order chi connectivity index (χ1) is 6.66. The molecule has 0 heterocycles. The number of nitrogens with zero attached hydrogens (tertiary/aromatic N) is 1. The third-order valence-electron chi connectivity index (χ3n) is 2.61. The minimum Gasteiger partial charge on any atom is -0.335 e. The second-order valence-corrected chi connectivity index (χ2v) is 3.51. The molecule has 1 aliphatic carbocycles. The first-order valence-corrected chi connectivity index (χ1v) is 4.92. The Morgan fingerprint density at radius 2 is 2.36 bits per heavy atom. The fraction of sp³-hybridized carbons (Fsp3) is 0.417. The lowest BCUT2D eigenvalue weighted by Gasteiger charge is -2.25. The van der Waals surface area contributed by atoms with Crippen molar-refractivity contribution in [1.82, 2.24) is 4.90 Å². The molecule has 0 aromatic heterocycles. The van der Waals surface area contributed by atoms with Gasteiger partial charge in [-0.2, -0.15) is 0 Å². The van der Waals surface area contributed by atoms with Gasteiger partial charge in [0, 0.05) is 7.05 Å². The standard InChI is InChI=1S/C12H17NO/c1-4-12(14)13(3)10(2)11-8-6-5-7-9-11/h4,6,8-10H,1,5,7H2,2-3H3. The smallest absolute Gasteiger partial charge is 0.246 e. The van der Waals surface area contributed by atoms with E-state index in [4.69, 9.17) is 0 Å². The van der Waals surface area contributed by atoms with Crippen LogP contribution in [0.15, 0.2) is 36.5 Å². The number of likely N-dealkylation sites (N-methyl/N-ethyl adjacent to an activating group) is 1. The fourth-order valence-electron chi connectivity index (χ4n) is 1.50. The normalized spacial score (nSPS) is 17.1. The lowest BCUT2D eigenvalue weighted by atomic mass is 10.0. The third kappa shape index (κ3) is 2.34. The lowest BCUT2D eigenvalue weighted by Crippen LogP contribution is -2.34. The largest absolute Gasteiger partial charge is 0.335 e. The van der Waals surface area contributed by atoms with E-state index in [1.807, 2.05) is 6.92 Å². The molecule has 76 valence electrons. The molecule has 2 heteroatoms. The Kier molecular flexibility index (Phi) is 3.69. The number of rotatable bonds is 3. The van der Waals surface area contributed by atoms with Crippen LogP contribution in [0.25, 0.3) is 0 Å². The number of allylic oxidation sites excluding steroid dienone is 2. The molecule has 1 aliphatic rings. The molecular weight excluding hydrogens is 174 g/mol. The average molecular weight is 191 g/mol. The van der Waals surface area contributed by atoms with Crippen molar-refractivity contribution in [2.75, 3.05) is 7.05 Å². The summed E-state index contributed by atoms with van der Waals surface area (Å²) in [6.45, 7) is 5.51. The second kappa shape index (κ2) is 4.80. The van der Waals surface area contributed by atoms with Crippen LogP contribution < -0.4 is 0 Å². The summed E-state index contributed by atoms with van der Waals surface area (Å²) in [5.41, 5.74) is 1.22. The maximum absolute atomic E-state index is 11.4. The summed E-state index contributed by atoms with van der Waals surface area (Å²) in [6, 6.07) is 0.136. The topological polar surface area (TPSA) is 20.3 Å². The SMILES string of the molecule is C=CC(=O)N(C)C(C)C1=CCCC=C1. The molecule has 1 amide bonds. The van der Waals surface area contributed by atoms with E-state index in [-0.39, 0.29) is 11.9 Å². The van der Waals surface area contributed by atoms with Crippen molar-refractivity contribution in [2.24, 2.45) is 0 Å². The summed E-state index contributed by atoms with van der Waals surface area (Å²) in [5, 5.41) is 0. The molecule has 0 saturated heterocycles. The number of carbonyl (C=O) groups is 1. The monoisotopic (exact) mass is 191 g/mol. The van der Waals surface area contributed by atoms with E-state index in [2.05, 4.69) is 24.8 Å². The van der Waals surface area contributed by atoms with E-state index >= 15 is 0 Å². The molecule has 0 aliphatic heterocycles. The summed E-state index contributed by atoms with van der Waals surface area (Å²) in [6.07, 6.45) is 9.97. The van der Waals surface area contributed by atoms with Gasteiger partial charge in [-0.3, -0.25) is 4.79 Å². The minimum absolute atomic E-state index is 0.0302. The van der Waals surface area contributed by atoms with Crippen molar-refractivity contribution >= 4 is 5.91 Å². The predicted octanol–water partition coefficient (Wildman–Crippen LogP) is 2.30. The fourth-order valence-corrected chi connectivity index (χ4v) is 1.50. The van der Waals surface area contributed by atoms with Crippen molar-refractivity contribution < 1.29 is 4.79 Å². The summed E-state index contributed by atoms with van der Waals surface area (Å²) < 4.78 is 0. The lowest BCUT2D eigenvalue weighted by molar-refractivity contribution is -0.125. The Bertz CT molecular complexity index is 289. The van der Waals surface area contributed by atoms with Gasteiger partial charge >= 0.3 is 0 Å². The van der Waals surface area contributed by atoms with Crippen molar-refractivity contribution in [3.63, 3.8) is 0 Å². The highest BCUT2D eigenvalue weighted by Gasteiger charge is 2.16. The molecule has 0 aromatic rings. The Hall–Kier alpha value is -1.31. The van der Waals surface area contributed by atoms with Gasteiger partial charge in [0.15, 0.2) is 0 Å². The molecule has 0 bridgehead atoms. The summed E-state index contributed by atoms with van der Waals surface area (Å²) >= 11 is 0. The second-order valence-electron chi connectivity index (χ2n) is 3.51. The van der Waals surface area contributed by atoms with Crippen molar-refractivity contribution in [3.05, 3.63) is 36.5 Å². The Labute approximate surface area is 85.6 Å². The van der Waals surface area contributed by atoms with Crippen LogP contribution in [0.4, 0.5) is 0 Å². The van der Waals surface area contributed by atoms with Gasteiger partial charge in [-0.15, -0.1) is 0 Å². The average Bonchev–Trinajstić information content (AvgIpc) is 2.27. The Balaban J connectivity index is 2.68. The van der Waals surface area contributed by atoms with Crippen LogP contribution in [0.2, 0.25) is 0 Å². The van der Waals surface area contributed by atoms with Gasteiger partial charge in [0.05, 0.1) is 6.04 Å². The van der Waals surface area contributed by atoms with Crippen molar-refractivity contribution in [2.45, 2.75) is 25.8 Å². The van der Waals surface area contributed by atoms with E-state index in [9.17, 15) is 4.79 Å². The van der Waals surface area contributed by atoms with Crippen LogP contribution in [0.5, 0.6) is 0 Å². The van der Waals surface area contributed by atoms with Crippen LogP contribution in [0, 0.1) is 0 Å². The van der Waals surface area contributed by atoms with Gasteiger partial charge in [0.1, 0.15) is 0 Å². The maximum Gasteiger partial charge on any atom is 0.246 e. The molecule has 0 spiro atoms. The predicted molar refractivity (Wildman–Crippen MR) is 58.9 cm³/mol. The van der Waals surface area contributed by atoms with Gasteiger partial charge in [-0.25, -0.2) is 0 Å². The van der Waals surface area contributed by atoms with E-state index < -0.39 is 0 Å². The van der Waals surface area contributed by atoms with Crippen LogP contribution in [-0.2, 0) is 4.79 Å². The molecule has 1 unspecified atom stereocenters. The van der Waals surface area contributed by atoms with Gasteiger partial charge < -0.3 is 4.90 Å². The van der Waals surface area contributed by atoms with Crippen LogP contribution in [0.1, 0.15) is 19.8 Å². The van der Waals surface area contributed by atoms with Gasteiger partial charge in [-0.05, 0) is 31.4 Å². The zero-order valence-electron chi connectivity index (χ0n) is 8.86. The molecule has 1 rings (SSSR count). The number of hydrogen-bond acceptors (Lipinski definition) is 1. The molecule has 0 fully saturated rings. The molecule has 1 atom stereocenters. The summed E-state index contributed by atoms with van der Waals surface area (Å²) in [7, 11) is 1.80. The summed E-state index contributed by atoms with van der Waals surface area (Å²) in [5.74, 6) is -0.0302. The first kappa shape index (κ1) is 10.8. The van der Waals surface area contributed by atoms with E-state index in [1.54, 1.807) is 11.9 Å². The molecule has 2 nitrogen and oxygen atoms in total. The molecule has 0 saturated carbocycles. The van der Waals surface area contributed by atoms with Crippen LogP contribution in [0.3, 0.4) is 0 Å². The zero-order chi connectivity index (χ0) is 10.6. The quantitative estimate of drug-likeness (QED) is 0.627. The van der Waals surface area contributed by atoms with Crippen LogP contribution >= 0.6 is 0 Å². The maximum atomic E-state index is 11.4. The Morgan fingerprint density at radius 3 is 2.86 bits per heavy atom. The number of carbonyl (C=O) groups excluding carboxylic acids is 1. The molecule has 0 N–H and O–H groups in total. The van der Waals surface area contributed by atoms with Crippen molar-refractivity contribution in [1.29, 1.82) is 0 Å². The Morgan fingerprint density at radius 1 is 1.64 bits per heavy atom. The number of amides is 1. The molecule has 0 radical (unpaired) electrons. The first-order valence-electron chi connectivity index (χ1n) is 4.92. The number of hydrogen-bond donors (Lipinski definition) is 0. The van der Waals surface area contributed by atoms with Gasteiger partial charge in [0.25, 0.3) is 0 Å². The highest BCUT2D eigenvalue weighted by atomic mass is 16.2. The third-order valence-corrected chi connectivity index (χ3v) is 2.61. The highest BCUT2D eigenvalue weighted by molar-refractivity contribution is 5.87. The van der Waals surface area contributed by atoms with Gasteiger partial charge in [-0.1, -0.05) is 24.8 Å². The zero-order valence-corrected chi connectivity index (χ0v) is 8.86. The van der Waals surface area contributed by atoms with E-state index in [0.717, 1.165) is 12.8 Å². The van der Waals surface area contributed by atoms with E-state index in [0.29, 0.717) is 0 Å². The highest BCUT2D eigenvalue weighted by Crippen LogP contribution is 2.16. The minimum atomic E-state index is -0.0302. The van der Waals surface area contributed by atoms with Gasteiger partial charge in [0.2, 0.25) is 5.91 Å². The van der Waals surface area contributed by atoms with E-state index in [1.165, 1.54) is 11.6 Å². The van der Waals surface area contributed by atoms with Crippen LogP contribution in [-0.4, -0.2) is 23.9 Å².